The molecule has 3 heteroatoms. The number of pyridine rings is 1. The fourth-order valence-electron chi connectivity index (χ4n) is 2.90. The van der Waals surface area contributed by atoms with E-state index in [2.05, 4.69) is 35.4 Å². The van der Waals surface area contributed by atoms with E-state index in [0.29, 0.717) is 6.04 Å². The average molecular weight is 268 g/mol. The Morgan fingerprint density at radius 3 is 2.95 bits per heavy atom. The molecule has 104 valence electrons. The zero-order valence-corrected chi connectivity index (χ0v) is 12.0. The normalized spacial score (nSPS) is 18.6. The number of hydrogen-bond donors (Lipinski definition) is 1. The molecular weight excluding hydrogens is 248 g/mol. The minimum absolute atomic E-state index is 0.248. The third-order valence-corrected chi connectivity index (χ3v) is 4.01. The van der Waals surface area contributed by atoms with E-state index in [9.17, 15) is 0 Å². The Bertz CT molecular complexity index is 583. The summed E-state index contributed by atoms with van der Waals surface area (Å²) in [6, 6.07) is 13.1. The second-order valence-electron chi connectivity index (χ2n) is 5.30. The van der Waals surface area contributed by atoms with Crippen molar-refractivity contribution in [3.05, 3.63) is 59.4 Å². The van der Waals surface area contributed by atoms with Crippen LogP contribution in [0, 0.1) is 0 Å². The van der Waals surface area contributed by atoms with E-state index in [4.69, 9.17) is 4.74 Å². The number of aryl methyl sites for hydroxylation is 1. The summed E-state index contributed by atoms with van der Waals surface area (Å²) in [7, 11) is 1.72. The molecule has 2 atom stereocenters. The van der Waals surface area contributed by atoms with Crippen molar-refractivity contribution in [1.82, 2.24) is 10.3 Å². The van der Waals surface area contributed by atoms with Crippen molar-refractivity contribution in [2.75, 3.05) is 7.11 Å². The van der Waals surface area contributed by atoms with Crippen LogP contribution in [0.1, 0.15) is 42.2 Å². The predicted molar refractivity (Wildman–Crippen MR) is 79.8 cm³/mol. The van der Waals surface area contributed by atoms with Crippen molar-refractivity contribution in [1.29, 1.82) is 0 Å². The van der Waals surface area contributed by atoms with E-state index < -0.39 is 0 Å². The first-order valence-corrected chi connectivity index (χ1v) is 7.11. The van der Waals surface area contributed by atoms with Gasteiger partial charge in [-0.05, 0) is 55.2 Å². The Morgan fingerprint density at radius 2 is 2.20 bits per heavy atom. The molecule has 2 unspecified atom stereocenters. The van der Waals surface area contributed by atoms with Crippen LogP contribution in [0.4, 0.5) is 0 Å². The lowest BCUT2D eigenvalue weighted by Gasteiger charge is -2.20. The van der Waals surface area contributed by atoms with Crippen molar-refractivity contribution in [3.63, 3.8) is 0 Å². The molecule has 3 nitrogen and oxygen atoms in total. The lowest BCUT2D eigenvalue weighted by Crippen LogP contribution is -2.23. The van der Waals surface area contributed by atoms with E-state index in [0.717, 1.165) is 24.3 Å². The van der Waals surface area contributed by atoms with Crippen molar-refractivity contribution >= 4 is 0 Å². The molecule has 0 fully saturated rings. The van der Waals surface area contributed by atoms with Crippen molar-refractivity contribution in [2.45, 2.75) is 31.8 Å². The first-order chi connectivity index (χ1) is 9.78. The van der Waals surface area contributed by atoms with Gasteiger partial charge in [-0.2, -0.15) is 0 Å². The lowest BCUT2D eigenvalue weighted by molar-refractivity contribution is 0.412. The van der Waals surface area contributed by atoms with Crippen molar-refractivity contribution in [3.8, 4) is 5.75 Å². The van der Waals surface area contributed by atoms with E-state index in [1.54, 1.807) is 7.11 Å². The van der Waals surface area contributed by atoms with Gasteiger partial charge in [-0.25, -0.2) is 0 Å². The molecule has 0 aliphatic heterocycles. The first kappa shape index (κ1) is 13.1. The van der Waals surface area contributed by atoms with E-state index in [1.807, 2.05) is 24.4 Å². The number of hydrogen-bond acceptors (Lipinski definition) is 3. The van der Waals surface area contributed by atoms with Crippen LogP contribution in [0.2, 0.25) is 0 Å². The van der Waals surface area contributed by atoms with Gasteiger partial charge in [0.15, 0.2) is 0 Å². The van der Waals surface area contributed by atoms with Gasteiger partial charge in [-0.15, -0.1) is 0 Å². The molecule has 1 heterocycles. The van der Waals surface area contributed by atoms with Crippen molar-refractivity contribution in [2.24, 2.45) is 0 Å². The highest BCUT2D eigenvalue weighted by molar-refractivity contribution is 5.41. The maximum absolute atomic E-state index is 5.34. The van der Waals surface area contributed by atoms with Gasteiger partial charge >= 0.3 is 0 Å². The van der Waals surface area contributed by atoms with E-state index in [-0.39, 0.29) is 6.04 Å². The fraction of sp³-hybridized carbons (Fsp3) is 0.353. The highest BCUT2D eigenvalue weighted by atomic mass is 16.5. The van der Waals surface area contributed by atoms with Crippen LogP contribution in [0.5, 0.6) is 5.75 Å². The van der Waals surface area contributed by atoms with Gasteiger partial charge in [-0.3, -0.25) is 4.98 Å². The monoisotopic (exact) mass is 268 g/mol. The highest BCUT2D eigenvalue weighted by Crippen LogP contribution is 2.35. The molecule has 0 saturated heterocycles. The number of nitrogens with zero attached hydrogens (tertiary/aromatic N) is 1. The van der Waals surface area contributed by atoms with Crippen LogP contribution < -0.4 is 10.1 Å². The second-order valence-corrected chi connectivity index (χ2v) is 5.30. The van der Waals surface area contributed by atoms with Crippen LogP contribution in [0.25, 0.3) is 0 Å². The lowest BCUT2D eigenvalue weighted by atomic mass is 10.1. The van der Waals surface area contributed by atoms with E-state index in [1.165, 1.54) is 11.1 Å². The number of rotatable bonds is 4. The molecule has 0 radical (unpaired) electrons. The Labute approximate surface area is 120 Å². The number of aromatic nitrogens is 1. The molecule has 0 amide bonds. The second kappa shape index (κ2) is 5.63. The maximum Gasteiger partial charge on any atom is 0.119 e. The topological polar surface area (TPSA) is 34.1 Å². The minimum atomic E-state index is 0.248. The summed E-state index contributed by atoms with van der Waals surface area (Å²) in [4.78, 5) is 4.42. The number of nitrogens with one attached hydrogen (secondary N) is 1. The average Bonchev–Trinajstić information content (AvgIpc) is 2.90. The molecular formula is C17H20N2O. The highest BCUT2D eigenvalue weighted by Gasteiger charge is 2.24. The Hall–Kier alpha value is -1.87. The van der Waals surface area contributed by atoms with Gasteiger partial charge in [0.25, 0.3) is 0 Å². The molecule has 0 bridgehead atoms. The third kappa shape index (κ3) is 2.54. The van der Waals surface area contributed by atoms with Crippen LogP contribution in [0.3, 0.4) is 0 Å². The molecule has 0 saturated carbocycles. The maximum atomic E-state index is 5.34. The number of benzene rings is 1. The minimum Gasteiger partial charge on any atom is -0.497 e. The molecule has 1 aliphatic rings. The zero-order valence-electron chi connectivity index (χ0n) is 12.0. The van der Waals surface area contributed by atoms with Gasteiger partial charge in [0.2, 0.25) is 0 Å². The van der Waals surface area contributed by atoms with Crippen LogP contribution in [-0.4, -0.2) is 12.1 Å². The van der Waals surface area contributed by atoms with E-state index >= 15 is 0 Å². The van der Waals surface area contributed by atoms with Gasteiger partial charge in [0.1, 0.15) is 5.75 Å². The van der Waals surface area contributed by atoms with Gasteiger partial charge in [0, 0.05) is 18.3 Å². The molecule has 1 N–H and O–H groups in total. The summed E-state index contributed by atoms with van der Waals surface area (Å²) >= 11 is 0. The van der Waals surface area contributed by atoms with Gasteiger partial charge in [0.05, 0.1) is 12.8 Å². The number of fused-ring (bicyclic) bond motifs is 1. The molecule has 1 aromatic carbocycles. The fourth-order valence-corrected chi connectivity index (χ4v) is 2.90. The first-order valence-electron chi connectivity index (χ1n) is 7.11. The molecule has 1 aliphatic carbocycles. The van der Waals surface area contributed by atoms with Crippen LogP contribution >= 0.6 is 0 Å². The van der Waals surface area contributed by atoms with Crippen LogP contribution in [0.15, 0.2) is 42.6 Å². The smallest absolute Gasteiger partial charge is 0.119 e. The molecule has 2 aromatic rings. The summed E-state index contributed by atoms with van der Waals surface area (Å²) in [5, 5.41) is 3.68. The summed E-state index contributed by atoms with van der Waals surface area (Å²) in [5.74, 6) is 0.933. The largest absolute Gasteiger partial charge is 0.497 e. The van der Waals surface area contributed by atoms with Crippen molar-refractivity contribution < 1.29 is 4.74 Å². The molecule has 0 spiro atoms. The molecule has 1 aromatic heterocycles. The Balaban J connectivity index is 1.78. The number of methoxy groups -OCH3 is 1. The number of ether oxygens (including phenoxy) is 1. The Morgan fingerprint density at radius 1 is 1.30 bits per heavy atom. The summed E-state index contributed by atoms with van der Waals surface area (Å²) in [5.41, 5.74) is 3.88. The zero-order chi connectivity index (χ0) is 13.9. The quantitative estimate of drug-likeness (QED) is 0.922. The third-order valence-electron chi connectivity index (χ3n) is 4.01. The van der Waals surface area contributed by atoms with Gasteiger partial charge in [-0.1, -0.05) is 12.1 Å². The predicted octanol–water partition coefficient (Wildman–Crippen LogP) is 3.43. The van der Waals surface area contributed by atoms with Crippen LogP contribution in [-0.2, 0) is 6.42 Å². The standard InChI is InChI=1S/C17H20N2O/c1-12(16-5-3-4-10-18-16)19-17-9-7-13-6-8-14(20-2)11-15(13)17/h3-6,8,10-12,17,19H,7,9H2,1-2H3. The molecule has 3 rings (SSSR count). The summed E-state index contributed by atoms with van der Waals surface area (Å²) in [6.07, 6.45) is 4.12. The SMILES string of the molecule is COc1ccc2c(c1)C(NC(C)c1ccccn1)CC2. The Kier molecular flexibility index (Phi) is 3.70. The summed E-state index contributed by atoms with van der Waals surface area (Å²) < 4.78 is 5.34. The summed E-state index contributed by atoms with van der Waals surface area (Å²) in [6.45, 7) is 2.17. The molecule has 20 heavy (non-hydrogen) atoms. The van der Waals surface area contributed by atoms with Gasteiger partial charge < -0.3 is 10.1 Å².